The molecule has 130 valence electrons. The van der Waals surface area contributed by atoms with Crippen LogP contribution >= 0.6 is 11.3 Å². The second-order valence-corrected chi connectivity index (χ2v) is 7.02. The summed E-state index contributed by atoms with van der Waals surface area (Å²) in [5, 5.41) is 16.7. The van der Waals surface area contributed by atoms with Crippen molar-refractivity contribution in [1.29, 1.82) is 0 Å². The average molecular weight is 348 g/mol. The van der Waals surface area contributed by atoms with E-state index in [-0.39, 0.29) is 24.7 Å². The third kappa shape index (κ3) is 5.25. The molecule has 0 aliphatic heterocycles. The number of carbonyl (C=O) groups is 1. The molecule has 1 aromatic heterocycles. The van der Waals surface area contributed by atoms with Gasteiger partial charge in [-0.15, -0.1) is 11.3 Å². The molecule has 0 aliphatic rings. The highest BCUT2D eigenvalue weighted by Gasteiger charge is 2.22. The molecule has 0 atom stereocenters. The van der Waals surface area contributed by atoms with E-state index in [0.29, 0.717) is 18.8 Å². The minimum absolute atomic E-state index is 0.0416. The van der Waals surface area contributed by atoms with Gasteiger partial charge in [0.2, 0.25) is 0 Å². The number of ether oxygens (including phenoxy) is 1. The molecule has 0 saturated heterocycles. The first kappa shape index (κ1) is 18.3. The van der Waals surface area contributed by atoms with Crippen molar-refractivity contribution in [2.24, 2.45) is 0 Å². The second kappa shape index (κ2) is 8.70. The predicted octanol–water partition coefficient (Wildman–Crippen LogP) is 2.90. The Balaban J connectivity index is 1.83. The maximum atomic E-state index is 12.1. The van der Waals surface area contributed by atoms with Crippen LogP contribution in [0.25, 0.3) is 0 Å². The maximum Gasteiger partial charge on any atom is 0.315 e. The zero-order valence-electron chi connectivity index (χ0n) is 14.0. The molecule has 0 bridgehead atoms. The topological polar surface area (TPSA) is 70.6 Å². The summed E-state index contributed by atoms with van der Waals surface area (Å²) in [6, 6.07) is 11.4. The van der Waals surface area contributed by atoms with E-state index in [1.165, 1.54) is 4.88 Å². The van der Waals surface area contributed by atoms with Crippen molar-refractivity contribution in [3.8, 4) is 5.75 Å². The van der Waals surface area contributed by atoms with Gasteiger partial charge in [-0.3, -0.25) is 0 Å². The highest BCUT2D eigenvalue weighted by Crippen LogP contribution is 2.26. The summed E-state index contributed by atoms with van der Waals surface area (Å²) in [7, 11) is 0. The van der Waals surface area contributed by atoms with E-state index in [0.717, 1.165) is 5.56 Å². The number of urea groups is 1. The molecule has 0 aliphatic carbocycles. The first-order chi connectivity index (χ1) is 11.5. The van der Waals surface area contributed by atoms with Gasteiger partial charge in [0.25, 0.3) is 0 Å². The van der Waals surface area contributed by atoms with Gasteiger partial charge < -0.3 is 20.5 Å². The fraction of sp³-hybridized carbons (Fsp3) is 0.389. The van der Waals surface area contributed by atoms with Gasteiger partial charge in [-0.1, -0.05) is 38.1 Å². The predicted molar refractivity (Wildman–Crippen MR) is 96.6 cm³/mol. The number of para-hydroxylation sites is 1. The lowest BCUT2D eigenvalue weighted by molar-refractivity contribution is 0.200. The number of rotatable bonds is 8. The van der Waals surface area contributed by atoms with E-state index in [2.05, 4.69) is 30.5 Å². The highest BCUT2D eigenvalue weighted by atomic mass is 32.1. The van der Waals surface area contributed by atoms with Gasteiger partial charge in [0.05, 0.1) is 6.61 Å². The van der Waals surface area contributed by atoms with Crippen LogP contribution in [0, 0.1) is 0 Å². The molecular formula is C18H24N2O3S. The van der Waals surface area contributed by atoms with Crippen LogP contribution in [0.15, 0.2) is 41.8 Å². The van der Waals surface area contributed by atoms with Crippen LogP contribution < -0.4 is 15.4 Å². The van der Waals surface area contributed by atoms with Crippen molar-refractivity contribution in [2.75, 3.05) is 19.8 Å². The lowest BCUT2D eigenvalue weighted by Gasteiger charge is -2.23. The molecule has 0 spiro atoms. The van der Waals surface area contributed by atoms with E-state index in [4.69, 9.17) is 9.84 Å². The summed E-state index contributed by atoms with van der Waals surface area (Å²) in [5.74, 6) is 0.672. The fourth-order valence-corrected chi connectivity index (χ4v) is 3.09. The molecule has 6 heteroatoms. The Labute approximate surface area is 146 Å². The Morgan fingerprint density at radius 1 is 1.21 bits per heavy atom. The molecule has 1 heterocycles. The first-order valence-electron chi connectivity index (χ1n) is 7.90. The monoisotopic (exact) mass is 348 g/mol. The number of amides is 2. The standard InChI is InChI=1S/C18H24N2O3S/c1-18(2,16-8-5-11-24-16)13-20-17(22)19-12-14-6-3-4-7-15(14)23-10-9-21/h3-8,11,21H,9-10,12-13H2,1-2H3,(H2,19,20,22). The number of hydrogen-bond acceptors (Lipinski definition) is 4. The van der Waals surface area contributed by atoms with Gasteiger partial charge in [-0.25, -0.2) is 4.79 Å². The number of carbonyl (C=O) groups excluding carboxylic acids is 1. The van der Waals surface area contributed by atoms with Crippen molar-refractivity contribution >= 4 is 17.4 Å². The molecular weight excluding hydrogens is 324 g/mol. The van der Waals surface area contributed by atoms with Crippen LogP contribution in [0.1, 0.15) is 24.3 Å². The minimum Gasteiger partial charge on any atom is -0.491 e. The van der Waals surface area contributed by atoms with Crippen LogP contribution in [0.2, 0.25) is 0 Å². The van der Waals surface area contributed by atoms with Crippen LogP contribution in [0.4, 0.5) is 4.79 Å². The van der Waals surface area contributed by atoms with Gasteiger partial charge in [-0.2, -0.15) is 0 Å². The third-order valence-corrected chi connectivity index (χ3v) is 4.88. The summed E-state index contributed by atoms with van der Waals surface area (Å²) in [5.41, 5.74) is 0.770. The van der Waals surface area contributed by atoms with E-state index < -0.39 is 0 Å². The van der Waals surface area contributed by atoms with Crippen molar-refractivity contribution in [1.82, 2.24) is 10.6 Å². The molecule has 1 aromatic carbocycles. The smallest absolute Gasteiger partial charge is 0.315 e. The lowest BCUT2D eigenvalue weighted by Crippen LogP contribution is -2.41. The second-order valence-electron chi connectivity index (χ2n) is 6.08. The van der Waals surface area contributed by atoms with Crippen LogP contribution in [0.3, 0.4) is 0 Å². The molecule has 0 saturated carbocycles. The van der Waals surface area contributed by atoms with Crippen LogP contribution in [-0.2, 0) is 12.0 Å². The fourth-order valence-electron chi connectivity index (χ4n) is 2.24. The first-order valence-corrected chi connectivity index (χ1v) is 8.78. The maximum absolute atomic E-state index is 12.1. The molecule has 0 fully saturated rings. The number of nitrogens with one attached hydrogen (secondary N) is 2. The van der Waals surface area contributed by atoms with Gasteiger partial charge in [-0.05, 0) is 17.5 Å². The molecule has 2 rings (SSSR count). The summed E-state index contributed by atoms with van der Waals surface area (Å²) in [6.07, 6.45) is 0. The molecule has 5 nitrogen and oxygen atoms in total. The van der Waals surface area contributed by atoms with Gasteiger partial charge in [0.15, 0.2) is 0 Å². The van der Waals surface area contributed by atoms with Crippen molar-refractivity contribution in [3.63, 3.8) is 0 Å². The third-order valence-electron chi connectivity index (χ3n) is 3.64. The molecule has 24 heavy (non-hydrogen) atoms. The van der Waals surface area contributed by atoms with Crippen LogP contribution in [-0.4, -0.2) is 30.9 Å². The van der Waals surface area contributed by atoms with Gasteiger partial charge in [0, 0.05) is 28.9 Å². The SMILES string of the molecule is CC(C)(CNC(=O)NCc1ccccc1OCCO)c1cccs1. The average Bonchev–Trinajstić information content (AvgIpc) is 3.12. The summed E-state index contributed by atoms with van der Waals surface area (Å²) >= 11 is 1.69. The van der Waals surface area contributed by atoms with Crippen molar-refractivity contribution in [2.45, 2.75) is 25.8 Å². The van der Waals surface area contributed by atoms with Crippen molar-refractivity contribution in [3.05, 3.63) is 52.2 Å². The van der Waals surface area contributed by atoms with Crippen molar-refractivity contribution < 1.29 is 14.6 Å². The van der Waals surface area contributed by atoms with E-state index in [1.54, 1.807) is 11.3 Å². The van der Waals surface area contributed by atoms with Crippen LogP contribution in [0.5, 0.6) is 5.75 Å². The number of hydrogen-bond donors (Lipinski definition) is 3. The minimum atomic E-state index is -0.211. The zero-order chi connectivity index (χ0) is 17.4. The van der Waals surface area contributed by atoms with Gasteiger partial charge >= 0.3 is 6.03 Å². The van der Waals surface area contributed by atoms with E-state index in [9.17, 15) is 4.79 Å². The number of thiophene rings is 1. The molecule has 3 N–H and O–H groups in total. The summed E-state index contributed by atoms with van der Waals surface area (Å²) in [4.78, 5) is 13.3. The largest absolute Gasteiger partial charge is 0.491 e. The lowest BCUT2D eigenvalue weighted by atomic mass is 9.91. The van der Waals surface area contributed by atoms with Gasteiger partial charge in [0.1, 0.15) is 12.4 Å². The normalized spacial score (nSPS) is 11.1. The Hall–Kier alpha value is -2.05. The van der Waals surface area contributed by atoms with E-state index in [1.807, 2.05) is 35.7 Å². The number of aliphatic hydroxyl groups is 1. The zero-order valence-corrected chi connectivity index (χ0v) is 14.9. The molecule has 0 radical (unpaired) electrons. The Bertz CT molecular complexity index is 641. The quantitative estimate of drug-likeness (QED) is 0.687. The number of aliphatic hydroxyl groups excluding tert-OH is 1. The molecule has 0 unspecified atom stereocenters. The van der Waals surface area contributed by atoms with E-state index >= 15 is 0 Å². The Morgan fingerprint density at radius 3 is 2.71 bits per heavy atom. The molecule has 2 aromatic rings. The summed E-state index contributed by atoms with van der Waals surface area (Å²) < 4.78 is 5.46. The Morgan fingerprint density at radius 2 is 2.00 bits per heavy atom. The summed E-state index contributed by atoms with van der Waals surface area (Å²) in [6.45, 7) is 5.33. The molecule has 2 amide bonds. The number of benzene rings is 1. The Kier molecular flexibility index (Phi) is 6.63. The highest BCUT2D eigenvalue weighted by molar-refractivity contribution is 7.10.